The SMILES string of the molecule is CCN(CC(=O)NC(C)C)C(C)C(=O)Nc1ccccc1SC. The number of nitrogens with one attached hydrogen (secondary N) is 2. The van der Waals surface area contributed by atoms with Crippen molar-refractivity contribution in [2.75, 3.05) is 24.7 Å². The fourth-order valence-corrected chi connectivity index (χ4v) is 2.78. The number of benzene rings is 1. The van der Waals surface area contributed by atoms with Crippen molar-refractivity contribution in [2.45, 2.75) is 44.7 Å². The molecule has 1 atom stereocenters. The normalized spacial score (nSPS) is 12.3. The fourth-order valence-electron chi connectivity index (χ4n) is 2.23. The molecular weight excluding hydrogens is 310 g/mol. The average molecular weight is 337 g/mol. The summed E-state index contributed by atoms with van der Waals surface area (Å²) in [7, 11) is 0. The predicted octanol–water partition coefficient (Wildman–Crippen LogP) is 2.58. The van der Waals surface area contributed by atoms with Gasteiger partial charge in [0.15, 0.2) is 0 Å². The van der Waals surface area contributed by atoms with Crippen LogP contribution < -0.4 is 10.6 Å². The van der Waals surface area contributed by atoms with Crippen LogP contribution in [0, 0.1) is 0 Å². The smallest absolute Gasteiger partial charge is 0.241 e. The first-order valence-electron chi connectivity index (χ1n) is 7.86. The zero-order valence-electron chi connectivity index (χ0n) is 14.6. The number of hydrogen-bond donors (Lipinski definition) is 2. The molecule has 0 spiro atoms. The zero-order chi connectivity index (χ0) is 17.4. The maximum Gasteiger partial charge on any atom is 0.241 e. The third-order valence-electron chi connectivity index (χ3n) is 3.49. The van der Waals surface area contributed by atoms with Gasteiger partial charge in [-0.15, -0.1) is 11.8 Å². The van der Waals surface area contributed by atoms with Crippen LogP contribution in [0.3, 0.4) is 0 Å². The molecule has 1 rings (SSSR count). The van der Waals surface area contributed by atoms with Gasteiger partial charge in [0.1, 0.15) is 0 Å². The highest BCUT2D eigenvalue weighted by Crippen LogP contribution is 2.24. The van der Waals surface area contributed by atoms with E-state index in [9.17, 15) is 9.59 Å². The largest absolute Gasteiger partial charge is 0.353 e. The Morgan fingerprint density at radius 1 is 1.22 bits per heavy atom. The summed E-state index contributed by atoms with van der Waals surface area (Å²) < 4.78 is 0. The average Bonchev–Trinajstić information content (AvgIpc) is 2.51. The van der Waals surface area contributed by atoms with E-state index < -0.39 is 0 Å². The molecule has 0 radical (unpaired) electrons. The quantitative estimate of drug-likeness (QED) is 0.716. The van der Waals surface area contributed by atoms with Crippen molar-refractivity contribution >= 4 is 29.3 Å². The van der Waals surface area contributed by atoms with Crippen molar-refractivity contribution in [1.29, 1.82) is 0 Å². The number of thioether (sulfide) groups is 1. The molecule has 0 fully saturated rings. The number of carbonyl (C=O) groups excluding carboxylic acids is 2. The molecule has 0 saturated carbocycles. The second kappa shape index (κ2) is 9.57. The molecular formula is C17H27N3O2S. The van der Waals surface area contributed by atoms with E-state index in [1.54, 1.807) is 11.8 Å². The van der Waals surface area contributed by atoms with Gasteiger partial charge in [0.05, 0.1) is 18.3 Å². The van der Waals surface area contributed by atoms with Crippen LogP contribution in [0.4, 0.5) is 5.69 Å². The molecule has 1 aromatic rings. The maximum absolute atomic E-state index is 12.5. The minimum Gasteiger partial charge on any atom is -0.353 e. The van der Waals surface area contributed by atoms with Crippen LogP contribution in [-0.2, 0) is 9.59 Å². The van der Waals surface area contributed by atoms with Gasteiger partial charge in [-0.05, 0) is 45.7 Å². The van der Waals surface area contributed by atoms with Crippen LogP contribution in [0.25, 0.3) is 0 Å². The van der Waals surface area contributed by atoms with Crippen molar-refractivity contribution in [1.82, 2.24) is 10.2 Å². The third kappa shape index (κ3) is 6.23. The molecule has 2 N–H and O–H groups in total. The van der Waals surface area contributed by atoms with E-state index in [0.717, 1.165) is 10.6 Å². The Balaban J connectivity index is 2.71. The summed E-state index contributed by atoms with van der Waals surface area (Å²) in [5, 5.41) is 5.81. The first-order chi connectivity index (χ1) is 10.9. The van der Waals surface area contributed by atoms with E-state index in [1.165, 1.54) is 0 Å². The number of rotatable bonds is 8. The van der Waals surface area contributed by atoms with Crippen molar-refractivity contribution in [3.63, 3.8) is 0 Å². The van der Waals surface area contributed by atoms with E-state index in [2.05, 4.69) is 10.6 Å². The first-order valence-corrected chi connectivity index (χ1v) is 9.08. The number of para-hydroxylation sites is 1. The molecule has 5 nitrogen and oxygen atoms in total. The first kappa shape index (κ1) is 19.5. The number of nitrogens with zero attached hydrogens (tertiary/aromatic N) is 1. The number of anilines is 1. The van der Waals surface area contributed by atoms with E-state index in [-0.39, 0.29) is 30.4 Å². The second-order valence-corrected chi connectivity index (χ2v) is 6.50. The van der Waals surface area contributed by atoms with E-state index in [4.69, 9.17) is 0 Å². The topological polar surface area (TPSA) is 61.4 Å². The number of likely N-dealkylation sites (N-methyl/N-ethyl adjacent to an activating group) is 1. The molecule has 2 amide bonds. The molecule has 1 unspecified atom stereocenters. The van der Waals surface area contributed by atoms with Crippen LogP contribution >= 0.6 is 11.8 Å². The van der Waals surface area contributed by atoms with Gasteiger partial charge in [0.2, 0.25) is 11.8 Å². The van der Waals surface area contributed by atoms with E-state index >= 15 is 0 Å². The molecule has 0 bridgehead atoms. The molecule has 0 aliphatic carbocycles. The van der Waals surface area contributed by atoms with Gasteiger partial charge < -0.3 is 10.6 Å². The lowest BCUT2D eigenvalue weighted by Crippen LogP contribution is -2.47. The molecule has 0 aliphatic heterocycles. The minimum absolute atomic E-state index is 0.0639. The van der Waals surface area contributed by atoms with Gasteiger partial charge in [-0.25, -0.2) is 0 Å². The Labute approximate surface area is 143 Å². The number of amides is 2. The number of hydrogen-bond acceptors (Lipinski definition) is 4. The van der Waals surface area contributed by atoms with Crippen molar-refractivity contribution in [3.8, 4) is 0 Å². The lowest BCUT2D eigenvalue weighted by molar-refractivity contribution is -0.125. The van der Waals surface area contributed by atoms with E-state index in [1.807, 2.05) is 63.1 Å². The van der Waals surface area contributed by atoms with Gasteiger partial charge in [-0.3, -0.25) is 14.5 Å². The highest BCUT2D eigenvalue weighted by molar-refractivity contribution is 7.98. The third-order valence-corrected chi connectivity index (χ3v) is 4.29. The molecule has 6 heteroatoms. The fraction of sp³-hybridized carbons (Fsp3) is 0.529. The summed E-state index contributed by atoms with van der Waals surface area (Å²) in [6, 6.07) is 7.41. The Morgan fingerprint density at radius 2 is 1.87 bits per heavy atom. The molecule has 0 saturated heterocycles. The zero-order valence-corrected chi connectivity index (χ0v) is 15.4. The summed E-state index contributed by atoms with van der Waals surface area (Å²) >= 11 is 1.59. The Kier molecular flexibility index (Phi) is 8.12. The molecule has 0 aliphatic rings. The lowest BCUT2D eigenvalue weighted by atomic mass is 10.2. The lowest BCUT2D eigenvalue weighted by Gasteiger charge is -2.27. The van der Waals surface area contributed by atoms with Gasteiger partial charge in [-0.2, -0.15) is 0 Å². The Morgan fingerprint density at radius 3 is 2.43 bits per heavy atom. The van der Waals surface area contributed by atoms with Gasteiger partial charge in [0.25, 0.3) is 0 Å². The Hall–Kier alpha value is -1.53. The van der Waals surface area contributed by atoms with Crippen LogP contribution in [-0.4, -0.2) is 48.1 Å². The minimum atomic E-state index is -0.382. The van der Waals surface area contributed by atoms with E-state index in [0.29, 0.717) is 6.54 Å². The van der Waals surface area contributed by atoms with Crippen molar-refractivity contribution < 1.29 is 9.59 Å². The molecule has 0 heterocycles. The molecule has 128 valence electrons. The summed E-state index contributed by atoms with van der Waals surface area (Å²) in [5.41, 5.74) is 0.805. The standard InChI is InChI=1S/C17H27N3O2S/c1-6-20(11-16(21)18-12(2)3)13(4)17(22)19-14-9-7-8-10-15(14)23-5/h7-10,12-13H,6,11H2,1-5H3,(H,18,21)(H,19,22). The van der Waals surface area contributed by atoms with Crippen LogP contribution in [0.5, 0.6) is 0 Å². The van der Waals surface area contributed by atoms with Gasteiger partial charge in [-0.1, -0.05) is 19.1 Å². The molecule has 23 heavy (non-hydrogen) atoms. The highest BCUT2D eigenvalue weighted by atomic mass is 32.2. The number of carbonyl (C=O) groups is 2. The van der Waals surface area contributed by atoms with Gasteiger partial charge in [0, 0.05) is 10.9 Å². The van der Waals surface area contributed by atoms with Gasteiger partial charge >= 0.3 is 0 Å². The second-order valence-electron chi connectivity index (χ2n) is 5.65. The molecule has 0 aromatic heterocycles. The van der Waals surface area contributed by atoms with Crippen molar-refractivity contribution in [3.05, 3.63) is 24.3 Å². The van der Waals surface area contributed by atoms with Crippen molar-refractivity contribution in [2.24, 2.45) is 0 Å². The Bertz CT molecular complexity index is 534. The highest BCUT2D eigenvalue weighted by Gasteiger charge is 2.22. The predicted molar refractivity (Wildman–Crippen MR) is 96.8 cm³/mol. The summed E-state index contributed by atoms with van der Waals surface area (Å²) in [6.45, 7) is 8.45. The summed E-state index contributed by atoms with van der Waals surface area (Å²) in [4.78, 5) is 27.3. The molecule has 1 aromatic carbocycles. The maximum atomic E-state index is 12.5. The summed E-state index contributed by atoms with van der Waals surface area (Å²) in [6.07, 6.45) is 1.98. The van der Waals surface area contributed by atoms with Crippen LogP contribution in [0.15, 0.2) is 29.2 Å². The summed E-state index contributed by atoms with van der Waals surface area (Å²) in [5.74, 6) is -0.170. The van der Waals surface area contributed by atoms with Crippen LogP contribution in [0.2, 0.25) is 0 Å². The van der Waals surface area contributed by atoms with Crippen LogP contribution in [0.1, 0.15) is 27.7 Å². The monoisotopic (exact) mass is 337 g/mol.